The van der Waals surface area contributed by atoms with Crippen molar-refractivity contribution < 1.29 is 0 Å². The van der Waals surface area contributed by atoms with E-state index in [0.29, 0.717) is 0 Å². The van der Waals surface area contributed by atoms with Gasteiger partial charge in [-0.25, -0.2) is 0 Å². The van der Waals surface area contributed by atoms with Crippen molar-refractivity contribution in [2.45, 2.75) is 321 Å². The van der Waals surface area contributed by atoms with Gasteiger partial charge in [0.15, 0.2) is 0 Å². The van der Waals surface area contributed by atoms with Crippen LogP contribution in [-0.2, 0) is 70.4 Å². The third kappa shape index (κ3) is 18.1. The zero-order chi connectivity index (χ0) is 104. The minimum Gasteiger partial charge on any atom is -0.310 e. The van der Waals surface area contributed by atoms with Gasteiger partial charge in [-0.05, 0) is 358 Å². The second kappa shape index (κ2) is 35.7. The van der Waals surface area contributed by atoms with Crippen LogP contribution in [0.25, 0.3) is 111 Å². The predicted molar refractivity (Wildman–Crippen MR) is 640 cm³/mol. The molecule has 21 rings (SSSR count). The van der Waals surface area contributed by atoms with Crippen LogP contribution in [0.2, 0.25) is 0 Å². The molecule has 2 nitrogen and oxygen atoms in total. The molecule has 0 aliphatic heterocycles. The Morgan fingerprint density at radius 2 is 0.354 bits per heavy atom. The lowest BCUT2D eigenvalue weighted by Gasteiger charge is -2.33. The standard InChI is InChI=1S/C74H83N.C69H71N.2CH4/c1-68(2,3)50-26-20-46(21-27-50)47-22-32-54(33-23-47)75(55-34-28-51(29-35-55)69(4,5)6)56-44-61(48-24-36-57-59-38-30-52(70(7,8)9)42-65(59)73(16,17)63(57)40-48)67(72(13,14)15)62(45-56)49-25-37-58-60-39-31-53(71(10,11)12)43-66(60)74(18,19)64(58)41-49;1-64(2,3)46-22-26-49(27-23-46)70(50-28-33-57-52-18-16-17-19-58(52)67(10,11)63(57)41-50)51-35-44(42-20-29-53-55-31-24-47(65(4,5)6)39-61(55)68(12,13)59(53)37-42)34-45(36-51)43-21-30-54-56-32-25-48(66(7,8)9)40-62(56)69(14,15)60(54)38-43;;/h20-45H,1-19H3;16-41H,1-15H3;2*1H4. The third-order valence-corrected chi connectivity index (χ3v) is 33.8. The Morgan fingerprint density at radius 3 is 0.667 bits per heavy atom. The van der Waals surface area contributed by atoms with E-state index in [2.05, 4.69) is 561 Å². The fourth-order valence-electron chi connectivity index (χ4n) is 24.5. The molecule has 0 saturated carbocycles. The van der Waals surface area contributed by atoms with Crippen molar-refractivity contribution in [1.29, 1.82) is 0 Å². The number of fused-ring (bicyclic) bond motifs is 15. The highest BCUT2D eigenvalue weighted by Crippen LogP contribution is 2.60. The largest absolute Gasteiger partial charge is 0.310 e. The van der Waals surface area contributed by atoms with Crippen LogP contribution >= 0.6 is 0 Å². The first kappa shape index (κ1) is 104. The van der Waals surface area contributed by atoms with Gasteiger partial charge in [-0.3, -0.25) is 0 Å². The van der Waals surface area contributed by atoms with Crippen molar-refractivity contribution in [1.82, 2.24) is 0 Å². The molecule has 5 aliphatic carbocycles. The van der Waals surface area contributed by atoms with Crippen LogP contribution in [0.15, 0.2) is 315 Å². The van der Waals surface area contributed by atoms with E-state index >= 15 is 0 Å². The van der Waals surface area contributed by atoms with Gasteiger partial charge in [0, 0.05) is 61.2 Å². The van der Waals surface area contributed by atoms with Gasteiger partial charge in [0.2, 0.25) is 0 Å². The number of anilines is 6. The van der Waals surface area contributed by atoms with Crippen LogP contribution in [-0.4, -0.2) is 0 Å². The number of hydrogen-bond acceptors (Lipinski definition) is 2. The molecule has 0 fully saturated rings. The van der Waals surface area contributed by atoms with Gasteiger partial charge in [-0.2, -0.15) is 0 Å². The zero-order valence-electron chi connectivity index (χ0n) is 93.4. The maximum absolute atomic E-state index is 2.54. The van der Waals surface area contributed by atoms with Gasteiger partial charge in [0.05, 0.1) is 0 Å². The molecule has 0 amide bonds. The van der Waals surface area contributed by atoms with Crippen molar-refractivity contribution in [3.63, 3.8) is 0 Å². The van der Waals surface area contributed by atoms with Crippen LogP contribution in [0.3, 0.4) is 0 Å². The van der Waals surface area contributed by atoms with E-state index < -0.39 is 0 Å². The molecule has 2 heteroatoms. The van der Waals surface area contributed by atoms with E-state index in [9.17, 15) is 0 Å². The van der Waals surface area contributed by atoms with Gasteiger partial charge in [-0.15, -0.1) is 0 Å². The Balaban J connectivity index is 0.000000190. The quantitative estimate of drug-likeness (QED) is 0.127. The van der Waals surface area contributed by atoms with Gasteiger partial charge in [-0.1, -0.05) is 463 Å². The summed E-state index contributed by atoms with van der Waals surface area (Å²) in [5.41, 5.74) is 56.9. The number of hydrogen-bond donors (Lipinski definition) is 0. The molecule has 0 bridgehead atoms. The van der Waals surface area contributed by atoms with Gasteiger partial charge in [0.1, 0.15) is 0 Å². The zero-order valence-corrected chi connectivity index (χ0v) is 93.4. The monoisotopic (exact) mass is 1930 g/mol. The molecule has 752 valence electrons. The molecule has 0 radical (unpaired) electrons. The average molecular weight is 1930 g/mol. The number of rotatable bonds is 11. The van der Waals surface area contributed by atoms with Crippen LogP contribution in [0.4, 0.5) is 34.1 Å². The van der Waals surface area contributed by atoms with Crippen molar-refractivity contribution >= 4 is 34.1 Å². The van der Waals surface area contributed by atoms with Crippen LogP contribution in [0.5, 0.6) is 0 Å². The highest BCUT2D eigenvalue weighted by molar-refractivity contribution is 5.96. The highest BCUT2D eigenvalue weighted by Gasteiger charge is 2.44. The summed E-state index contributed by atoms with van der Waals surface area (Å²) >= 11 is 0. The Morgan fingerprint density at radius 1 is 0.143 bits per heavy atom. The minimum atomic E-state index is -0.217. The Labute approximate surface area is 885 Å². The lowest BCUT2D eigenvalue weighted by Crippen LogP contribution is -2.19. The lowest BCUT2D eigenvalue weighted by atomic mass is 9.75. The normalized spacial score (nSPS) is 15.0. The van der Waals surface area contributed by atoms with E-state index in [1.54, 1.807) is 0 Å². The third-order valence-electron chi connectivity index (χ3n) is 33.8. The van der Waals surface area contributed by atoms with Gasteiger partial charge in [0.25, 0.3) is 0 Å². The molecule has 0 saturated heterocycles. The maximum atomic E-state index is 2.54. The molecule has 0 spiro atoms. The molecule has 0 aromatic heterocycles. The molecular formula is C145H162N2. The molecule has 0 atom stereocenters. The number of nitrogens with zero attached hydrogens (tertiary/aromatic N) is 2. The molecule has 0 unspecified atom stereocenters. The fourth-order valence-corrected chi connectivity index (χ4v) is 24.5. The first-order valence-electron chi connectivity index (χ1n) is 53.5. The molecule has 5 aliphatic rings. The van der Waals surface area contributed by atoms with E-state index in [1.165, 1.54) is 211 Å². The highest BCUT2D eigenvalue weighted by atomic mass is 15.1. The van der Waals surface area contributed by atoms with Crippen LogP contribution < -0.4 is 9.80 Å². The van der Waals surface area contributed by atoms with E-state index in [0.717, 1.165) is 34.1 Å². The predicted octanol–water partition coefficient (Wildman–Crippen LogP) is 41.8. The minimum absolute atomic E-state index is 0. The van der Waals surface area contributed by atoms with Crippen molar-refractivity contribution in [3.8, 4) is 111 Å². The summed E-state index contributed by atoms with van der Waals surface area (Å²) in [6, 6.07) is 124. The molecule has 0 N–H and O–H groups in total. The van der Waals surface area contributed by atoms with Crippen molar-refractivity contribution in [3.05, 3.63) is 416 Å². The smallest absolute Gasteiger partial charge is 0.0474 e. The molecular weight excluding hydrogens is 1770 g/mol. The summed E-state index contributed by atoms with van der Waals surface area (Å²) in [5, 5.41) is 0. The van der Waals surface area contributed by atoms with E-state index in [-0.39, 0.29) is 85.2 Å². The first-order valence-corrected chi connectivity index (χ1v) is 53.5. The summed E-state index contributed by atoms with van der Waals surface area (Å²) in [7, 11) is 0. The number of benzene rings is 16. The van der Waals surface area contributed by atoms with Crippen molar-refractivity contribution in [2.24, 2.45) is 0 Å². The van der Waals surface area contributed by atoms with Crippen LogP contribution in [0, 0.1) is 0 Å². The van der Waals surface area contributed by atoms with Crippen LogP contribution in [0.1, 0.15) is 350 Å². The SMILES string of the molecule is C.C.CC(C)(C)c1ccc(-c2ccc(N(c3ccc(C(C)(C)C)cc3)c3cc(-c4ccc5c(c4)C(C)(C)c4cc(C(C)(C)C)ccc4-5)c(C(C)(C)C)c(-c4ccc5c(c4)C(C)(C)c4cc(C(C)(C)C)ccc4-5)c3)cc2)cc1.CC(C)(C)c1ccc(N(c2cc(-c3ccc4c(c3)C(C)(C)c3cc(C(C)(C)C)ccc3-4)cc(-c3ccc4c(c3)C(C)(C)c3cc(C(C)(C)C)ccc3-4)c2)c2ccc3c(c2)C(C)(C)c2ccccc2-3)cc1. The Hall–Kier alpha value is -12.9. The summed E-state index contributed by atoms with van der Waals surface area (Å²) in [6.45, 7) is 79.9. The van der Waals surface area contributed by atoms with Gasteiger partial charge >= 0.3 is 0 Å². The summed E-state index contributed by atoms with van der Waals surface area (Å²) in [4.78, 5) is 5.02. The summed E-state index contributed by atoms with van der Waals surface area (Å²) in [6.07, 6.45) is 0. The van der Waals surface area contributed by atoms with E-state index in [4.69, 9.17) is 0 Å². The molecule has 16 aromatic carbocycles. The molecule has 147 heavy (non-hydrogen) atoms. The fraction of sp³-hybridized carbons (Fsp3) is 0.338. The average Bonchev–Trinajstić information content (AvgIpc) is 1.58. The Kier molecular flexibility index (Phi) is 25.3. The van der Waals surface area contributed by atoms with Crippen molar-refractivity contribution in [2.75, 3.05) is 9.80 Å². The second-order valence-electron chi connectivity index (χ2n) is 54.1. The summed E-state index contributed by atoms with van der Waals surface area (Å²) in [5.74, 6) is 0. The molecule has 16 aromatic rings. The first-order chi connectivity index (χ1) is 67.7. The topological polar surface area (TPSA) is 6.48 Å². The summed E-state index contributed by atoms with van der Waals surface area (Å²) < 4.78 is 0. The van der Waals surface area contributed by atoms with Gasteiger partial charge < -0.3 is 9.80 Å². The Bertz CT molecular complexity index is 7580. The maximum Gasteiger partial charge on any atom is 0.0474 e. The van der Waals surface area contributed by atoms with E-state index in [1.807, 2.05) is 0 Å². The lowest BCUT2D eigenvalue weighted by molar-refractivity contribution is 0.584. The second-order valence-corrected chi connectivity index (χ2v) is 54.1. The molecule has 0 heterocycles.